The SMILES string of the molecule is CNC(=O)Nc1ccc(NS(=O)(=O)c2ccccc2-c2ccccc2)cc1. The van der Waals surface area contributed by atoms with E-state index in [1.807, 2.05) is 30.3 Å². The third-order valence-corrected chi connectivity index (χ3v) is 5.32. The van der Waals surface area contributed by atoms with E-state index in [1.54, 1.807) is 48.5 Å². The van der Waals surface area contributed by atoms with Crippen molar-refractivity contribution in [3.05, 3.63) is 78.9 Å². The summed E-state index contributed by atoms with van der Waals surface area (Å²) in [6.07, 6.45) is 0. The van der Waals surface area contributed by atoms with Crippen LogP contribution in [-0.4, -0.2) is 21.5 Å². The number of carbonyl (C=O) groups excluding carboxylic acids is 1. The molecule has 6 nitrogen and oxygen atoms in total. The van der Waals surface area contributed by atoms with E-state index >= 15 is 0 Å². The monoisotopic (exact) mass is 381 g/mol. The standard InChI is InChI=1S/C20H19N3O3S/c1-21-20(24)22-16-11-13-17(14-12-16)23-27(25,26)19-10-6-5-9-18(19)15-7-3-2-4-8-15/h2-14,23H,1H3,(H2,21,22,24). The van der Waals surface area contributed by atoms with E-state index in [2.05, 4.69) is 15.4 Å². The van der Waals surface area contributed by atoms with Gasteiger partial charge in [-0.15, -0.1) is 0 Å². The molecule has 0 bridgehead atoms. The Labute approximate surface area is 158 Å². The number of benzene rings is 3. The highest BCUT2D eigenvalue weighted by atomic mass is 32.2. The van der Waals surface area contributed by atoms with Gasteiger partial charge < -0.3 is 10.6 Å². The highest BCUT2D eigenvalue weighted by Gasteiger charge is 2.19. The highest BCUT2D eigenvalue weighted by molar-refractivity contribution is 7.92. The van der Waals surface area contributed by atoms with Gasteiger partial charge in [-0.1, -0.05) is 48.5 Å². The van der Waals surface area contributed by atoms with Gasteiger partial charge in [-0.05, 0) is 35.9 Å². The van der Waals surface area contributed by atoms with Crippen LogP contribution in [0.1, 0.15) is 0 Å². The minimum Gasteiger partial charge on any atom is -0.341 e. The zero-order chi connectivity index (χ0) is 19.3. The number of hydrogen-bond acceptors (Lipinski definition) is 3. The van der Waals surface area contributed by atoms with Gasteiger partial charge in [0.2, 0.25) is 0 Å². The number of nitrogens with one attached hydrogen (secondary N) is 3. The van der Waals surface area contributed by atoms with Gasteiger partial charge in [-0.2, -0.15) is 0 Å². The van der Waals surface area contributed by atoms with Crippen LogP contribution in [-0.2, 0) is 10.0 Å². The highest BCUT2D eigenvalue weighted by Crippen LogP contribution is 2.28. The van der Waals surface area contributed by atoms with E-state index < -0.39 is 10.0 Å². The zero-order valence-electron chi connectivity index (χ0n) is 14.6. The molecule has 0 saturated carbocycles. The second-order valence-electron chi connectivity index (χ2n) is 5.75. The predicted molar refractivity (Wildman–Crippen MR) is 107 cm³/mol. The van der Waals surface area contributed by atoms with Crippen LogP contribution in [0, 0.1) is 0 Å². The van der Waals surface area contributed by atoms with E-state index in [1.165, 1.54) is 7.05 Å². The molecule has 0 fully saturated rings. The maximum atomic E-state index is 12.9. The number of sulfonamides is 1. The van der Waals surface area contributed by atoms with E-state index in [0.29, 0.717) is 16.9 Å². The van der Waals surface area contributed by atoms with E-state index in [-0.39, 0.29) is 10.9 Å². The van der Waals surface area contributed by atoms with Crippen molar-refractivity contribution in [2.45, 2.75) is 4.90 Å². The third kappa shape index (κ3) is 4.45. The van der Waals surface area contributed by atoms with Gasteiger partial charge in [-0.3, -0.25) is 4.72 Å². The summed E-state index contributed by atoms with van der Waals surface area (Å²) >= 11 is 0. The molecular formula is C20H19N3O3S. The summed E-state index contributed by atoms with van der Waals surface area (Å²) in [5, 5.41) is 5.06. The Bertz CT molecular complexity index is 1030. The molecule has 0 unspecified atom stereocenters. The van der Waals surface area contributed by atoms with Crippen LogP contribution in [0.5, 0.6) is 0 Å². The van der Waals surface area contributed by atoms with E-state index in [4.69, 9.17) is 0 Å². The molecule has 0 radical (unpaired) electrons. The summed E-state index contributed by atoms with van der Waals surface area (Å²) in [7, 11) is -2.27. The van der Waals surface area contributed by atoms with E-state index in [9.17, 15) is 13.2 Å². The number of carbonyl (C=O) groups is 1. The first kappa shape index (κ1) is 18.5. The summed E-state index contributed by atoms with van der Waals surface area (Å²) in [6, 6.07) is 22.3. The molecule has 3 aromatic rings. The Morgan fingerprint density at radius 3 is 2.04 bits per heavy atom. The fourth-order valence-corrected chi connectivity index (χ4v) is 3.87. The third-order valence-electron chi connectivity index (χ3n) is 3.88. The fourth-order valence-electron chi connectivity index (χ4n) is 2.58. The van der Waals surface area contributed by atoms with Crippen molar-refractivity contribution < 1.29 is 13.2 Å². The first-order valence-corrected chi connectivity index (χ1v) is 9.74. The summed E-state index contributed by atoms with van der Waals surface area (Å²) in [5.74, 6) is 0. The molecule has 0 atom stereocenters. The number of rotatable bonds is 5. The van der Waals surface area contributed by atoms with Gasteiger partial charge >= 0.3 is 6.03 Å². The molecule has 0 aliphatic rings. The van der Waals surface area contributed by atoms with Crippen molar-refractivity contribution >= 4 is 27.4 Å². The molecule has 7 heteroatoms. The van der Waals surface area contributed by atoms with Crippen molar-refractivity contribution in [2.24, 2.45) is 0 Å². The van der Waals surface area contributed by atoms with Crippen LogP contribution in [0.15, 0.2) is 83.8 Å². The minimum absolute atomic E-state index is 0.198. The Morgan fingerprint density at radius 1 is 0.778 bits per heavy atom. The van der Waals surface area contributed by atoms with Crippen LogP contribution in [0.2, 0.25) is 0 Å². The number of amides is 2. The molecule has 0 aliphatic heterocycles. The zero-order valence-corrected chi connectivity index (χ0v) is 15.5. The molecule has 27 heavy (non-hydrogen) atoms. The van der Waals surface area contributed by atoms with Crippen molar-refractivity contribution in [3.8, 4) is 11.1 Å². The lowest BCUT2D eigenvalue weighted by Crippen LogP contribution is -2.24. The quantitative estimate of drug-likeness (QED) is 0.626. The average molecular weight is 381 g/mol. The van der Waals surface area contributed by atoms with Crippen molar-refractivity contribution in [3.63, 3.8) is 0 Å². The molecular weight excluding hydrogens is 362 g/mol. The number of hydrogen-bond donors (Lipinski definition) is 3. The molecule has 0 heterocycles. The summed E-state index contributed by atoms with van der Waals surface area (Å²) in [4.78, 5) is 11.5. The molecule has 0 saturated heterocycles. The van der Waals surface area contributed by atoms with Crippen molar-refractivity contribution in [1.82, 2.24) is 5.32 Å². The van der Waals surface area contributed by atoms with Gasteiger partial charge in [-0.25, -0.2) is 13.2 Å². The smallest absolute Gasteiger partial charge is 0.318 e. The lowest BCUT2D eigenvalue weighted by molar-refractivity contribution is 0.254. The molecule has 0 aliphatic carbocycles. The van der Waals surface area contributed by atoms with Gasteiger partial charge in [0.15, 0.2) is 0 Å². The minimum atomic E-state index is -3.78. The largest absolute Gasteiger partial charge is 0.341 e. The van der Waals surface area contributed by atoms with Crippen LogP contribution in [0.25, 0.3) is 11.1 Å². The van der Waals surface area contributed by atoms with Crippen LogP contribution >= 0.6 is 0 Å². The molecule has 138 valence electrons. The Balaban J connectivity index is 1.87. The molecule has 0 aromatic heterocycles. The summed E-state index contributed by atoms with van der Waals surface area (Å²) < 4.78 is 28.4. The topological polar surface area (TPSA) is 87.3 Å². The maximum absolute atomic E-state index is 12.9. The summed E-state index contributed by atoms with van der Waals surface area (Å²) in [6.45, 7) is 0. The van der Waals surface area contributed by atoms with Gasteiger partial charge in [0.1, 0.15) is 0 Å². The normalized spacial score (nSPS) is 10.9. The van der Waals surface area contributed by atoms with Crippen LogP contribution in [0.3, 0.4) is 0 Å². The number of anilines is 2. The molecule has 0 spiro atoms. The fraction of sp³-hybridized carbons (Fsp3) is 0.0500. The van der Waals surface area contributed by atoms with Crippen molar-refractivity contribution in [2.75, 3.05) is 17.1 Å². The molecule has 3 rings (SSSR count). The lowest BCUT2D eigenvalue weighted by Gasteiger charge is -2.13. The summed E-state index contributed by atoms with van der Waals surface area (Å²) in [5.41, 5.74) is 2.41. The Hall–Kier alpha value is -3.32. The van der Waals surface area contributed by atoms with Gasteiger partial charge in [0, 0.05) is 24.0 Å². The first-order valence-electron chi connectivity index (χ1n) is 8.26. The molecule has 3 aromatic carbocycles. The Morgan fingerprint density at radius 2 is 1.37 bits per heavy atom. The average Bonchev–Trinajstić information content (AvgIpc) is 2.70. The predicted octanol–water partition coefficient (Wildman–Crippen LogP) is 3.91. The second-order valence-corrected chi connectivity index (χ2v) is 7.40. The van der Waals surface area contributed by atoms with Crippen LogP contribution < -0.4 is 15.4 Å². The number of urea groups is 1. The lowest BCUT2D eigenvalue weighted by atomic mass is 10.1. The Kier molecular flexibility index (Phi) is 5.42. The van der Waals surface area contributed by atoms with E-state index in [0.717, 1.165) is 5.56 Å². The van der Waals surface area contributed by atoms with Gasteiger partial charge in [0.25, 0.3) is 10.0 Å². The first-order chi connectivity index (χ1) is 13.0. The second kappa shape index (κ2) is 7.92. The maximum Gasteiger partial charge on any atom is 0.318 e. The molecule has 2 amide bonds. The van der Waals surface area contributed by atoms with Crippen molar-refractivity contribution in [1.29, 1.82) is 0 Å². The molecule has 3 N–H and O–H groups in total. The van der Waals surface area contributed by atoms with Gasteiger partial charge in [0.05, 0.1) is 4.90 Å². The van der Waals surface area contributed by atoms with Crippen LogP contribution in [0.4, 0.5) is 16.2 Å².